The van der Waals surface area contributed by atoms with Crippen molar-refractivity contribution in [2.24, 2.45) is 5.41 Å². The van der Waals surface area contributed by atoms with E-state index in [4.69, 9.17) is 11.6 Å². The zero-order valence-electron chi connectivity index (χ0n) is 8.77. The molecular formula is C10H12ClIN2O. The zero-order chi connectivity index (χ0) is 11.6. The second-order valence-corrected chi connectivity index (χ2v) is 5.72. The van der Waals surface area contributed by atoms with E-state index in [1.807, 2.05) is 20.8 Å². The summed E-state index contributed by atoms with van der Waals surface area (Å²) in [6.45, 7) is 5.57. The van der Waals surface area contributed by atoms with E-state index in [9.17, 15) is 4.79 Å². The van der Waals surface area contributed by atoms with Gasteiger partial charge in [-0.3, -0.25) is 4.79 Å². The average Bonchev–Trinajstić information content (AvgIpc) is 2.10. The van der Waals surface area contributed by atoms with Crippen LogP contribution >= 0.6 is 34.2 Å². The third-order valence-electron chi connectivity index (χ3n) is 1.74. The van der Waals surface area contributed by atoms with Crippen LogP contribution in [-0.4, -0.2) is 10.9 Å². The number of anilines is 1. The molecule has 1 rings (SSSR count). The Hall–Kier alpha value is -0.360. The lowest BCUT2D eigenvalue weighted by Gasteiger charge is -2.17. The molecule has 82 valence electrons. The molecule has 1 heterocycles. The van der Waals surface area contributed by atoms with Crippen molar-refractivity contribution in [1.29, 1.82) is 0 Å². The summed E-state index contributed by atoms with van der Waals surface area (Å²) in [7, 11) is 0. The van der Waals surface area contributed by atoms with E-state index in [0.29, 0.717) is 10.8 Å². The lowest BCUT2D eigenvalue weighted by atomic mass is 9.96. The minimum absolute atomic E-state index is 0.0394. The highest BCUT2D eigenvalue weighted by atomic mass is 127. The number of hydrogen-bond acceptors (Lipinski definition) is 2. The Morgan fingerprint density at radius 1 is 1.53 bits per heavy atom. The number of nitrogens with one attached hydrogen (secondary N) is 1. The molecule has 0 aliphatic heterocycles. The van der Waals surface area contributed by atoms with E-state index in [-0.39, 0.29) is 5.91 Å². The van der Waals surface area contributed by atoms with Crippen LogP contribution in [0.2, 0.25) is 5.15 Å². The zero-order valence-corrected chi connectivity index (χ0v) is 11.7. The lowest BCUT2D eigenvalue weighted by molar-refractivity contribution is -0.123. The van der Waals surface area contributed by atoms with Crippen molar-refractivity contribution in [2.75, 3.05) is 5.32 Å². The smallest absolute Gasteiger partial charge is 0.229 e. The van der Waals surface area contributed by atoms with E-state index < -0.39 is 5.41 Å². The topological polar surface area (TPSA) is 42.0 Å². The van der Waals surface area contributed by atoms with Crippen molar-refractivity contribution < 1.29 is 4.79 Å². The molecule has 0 aliphatic rings. The molecule has 0 aliphatic carbocycles. The first-order valence-corrected chi connectivity index (χ1v) is 5.89. The Kier molecular flexibility index (Phi) is 3.94. The summed E-state index contributed by atoms with van der Waals surface area (Å²) >= 11 is 7.85. The number of carbonyl (C=O) groups is 1. The molecule has 0 fully saturated rings. The van der Waals surface area contributed by atoms with Crippen molar-refractivity contribution >= 4 is 45.8 Å². The molecule has 0 saturated heterocycles. The van der Waals surface area contributed by atoms with Gasteiger partial charge in [0.25, 0.3) is 0 Å². The highest BCUT2D eigenvalue weighted by Gasteiger charge is 2.21. The SMILES string of the molecule is CC(C)(C)C(=O)Nc1cnc(Cl)c(I)c1. The number of amides is 1. The lowest BCUT2D eigenvalue weighted by Crippen LogP contribution is -2.27. The fourth-order valence-corrected chi connectivity index (χ4v) is 1.39. The molecule has 0 bridgehead atoms. The van der Waals surface area contributed by atoms with Gasteiger partial charge in [0.1, 0.15) is 5.15 Å². The van der Waals surface area contributed by atoms with E-state index in [0.717, 1.165) is 3.57 Å². The molecule has 0 spiro atoms. The van der Waals surface area contributed by atoms with Gasteiger partial charge < -0.3 is 5.32 Å². The summed E-state index contributed by atoms with van der Waals surface area (Å²) in [6.07, 6.45) is 1.55. The standard InChI is InChI=1S/C10H12ClIN2O/c1-10(2,3)9(15)14-6-4-7(12)8(11)13-5-6/h4-5H,1-3H3,(H,14,15). The van der Waals surface area contributed by atoms with Crippen molar-refractivity contribution in [3.63, 3.8) is 0 Å². The maximum atomic E-state index is 11.7. The van der Waals surface area contributed by atoms with Gasteiger partial charge in [-0.25, -0.2) is 4.98 Å². The minimum atomic E-state index is -0.412. The van der Waals surface area contributed by atoms with Crippen LogP contribution in [0.5, 0.6) is 0 Å². The maximum absolute atomic E-state index is 11.7. The first kappa shape index (κ1) is 12.7. The molecule has 0 unspecified atom stereocenters. The number of rotatable bonds is 1. The van der Waals surface area contributed by atoms with Gasteiger partial charge >= 0.3 is 0 Å². The molecule has 0 radical (unpaired) electrons. The van der Waals surface area contributed by atoms with Crippen LogP contribution in [0.1, 0.15) is 20.8 Å². The maximum Gasteiger partial charge on any atom is 0.229 e. The normalized spacial score (nSPS) is 11.3. The second-order valence-electron chi connectivity index (χ2n) is 4.20. The second kappa shape index (κ2) is 4.65. The molecule has 1 N–H and O–H groups in total. The van der Waals surface area contributed by atoms with E-state index in [1.165, 1.54) is 0 Å². The van der Waals surface area contributed by atoms with Crippen LogP contribution in [0.4, 0.5) is 5.69 Å². The van der Waals surface area contributed by atoms with Crippen molar-refractivity contribution in [3.05, 3.63) is 21.0 Å². The van der Waals surface area contributed by atoms with Crippen LogP contribution in [0.15, 0.2) is 12.3 Å². The van der Waals surface area contributed by atoms with E-state index in [2.05, 4.69) is 32.9 Å². The van der Waals surface area contributed by atoms with Crippen LogP contribution < -0.4 is 5.32 Å². The first-order valence-electron chi connectivity index (χ1n) is 4.43. The largest absolute Gasteiger partial charge is 0.324 e. The average molecular weight is 339 g/mol. The third-order valence-corrected chi connectivity index (χ3v) is 3.18. The third kappa shape index (κ3) is 3.61. The summed E-state index contributed by atoms with van der Waals surface area (Å²) < 4.78 is 0.820. The monoisotopic (exact) mass is 338 g/mol. The quantitative estimate of drug-likeness (QED) is 0.630. The first-order chi connectivity index (χ1) is 6.80. The van der Waals surface area contributed by atoms with Crippen molar-refractivity contribution in [2.45, 2.75) is 20.8 Å². The Balaban J connectivity index is 2.83. The van der Waals surface area contributed by atoms with Gasteiger partial charge in [0.15, 0.2) is 0 Å². The predicted octanol–water partition coefficient (Wildman–Crippen LogP) is 3.32. The van der Waals surface area contributed by atoms with Gasteiger partial charge in [0.2, 0.25) is 5.91 Å². The molecule has 0 atom stereocenters. The number of carbonyl (C=O) groups excluding carboxylic acids is 1. The Labute approximate surface area is 108 Å². The Morgan fingerprint density at radius 2 is 2.13 bits per heavy atom. The van der Waals surface area contributed by atoms with Gasteiger partial charge in [-0.2, -0.15) is 0 Å². The van der Waals surface area contributed by atoms with Crippen LogP contribution in [-0.2, 0) is 4.79 Å². The van der Waals surface area contributed by atoms with Gasteiger partial charge in [-0.05, 0) is 28.7 Å². The predicted molar refractivity (Wildman–Crippen MR) is 70.0 cm³/mol. The molecule has 0 aromatic carbocycles. The van der Waals surface area contributed by atoms with Crippen molar-refractivity contribution in [1.82, 2.24) is 4.98 Å². The minimum Gasteiger partial charge on any atom is -0.324 e. The summed E-state index contributed by atoms with van der Waals surface area (Å²) in [5.74, 6) is -0.0394. The molecular weight excluding hydrogens is 326 g/mol. The molecule has 1 aromatic rings. The Morgan fingerprint density at radius 3 is 2.60 bits per heavy atom. The molecule has 1 aromatic heterocycles. The van der Waals surface area contributed by atoms with Gasteiger partial charge in [0, 0.05) is 5.41 Å². The summed E-state index contributed by atoms with van der Waals surface area (Å²) in [6, 6.07) is 1.79. The number of halogens is 2. The molecule has 0 saturated carbocycles. The Bertz CT molecular complexity index is 387. The van der Waals surface area contributed by atoms with Crippen LogP contribution in [0, 0.1) is 8.99 Å². The number of nitrogens with zero attached hydrogens (tertiary/aromatic N) is 1. The van der Waals surface area contributed by atoms with E-state index in [1.54, 1.807) is 12.3 Å². The van der Waals surface area contributed by atoms with Crippen LogP contribution in [0.25, 0.3) is 0 Å². The van der Waals surface area contributed by atoms with Crippen molar-refractivity contribution in [3.8, 4) is 0 Å². The van der Waals surface area contributed by atoms with Crippen LogP contribution in [0.3, 0.4) is 0 Å². The number of aromatic nitrogens is 1. The number of pyridine rings is 1. The van der Waals surface area contributed by atoms with E-state index >= 15 is 0 Å². The highest BCUT2D eigenvalue weighted by Crippen LogP contribution is 2.21. The number of hydrogen-bond donors (Lipinski definition) is 1. The fraction of sp³-hybridized carbons (Fsp3) is 0.400. The summed E-state index contributed by atoms with van der Waals surface area (Å²) in [5, 5.41) is 3.23. The molecule has 3 nitrogen and oxygen atoms in total. The molecule has 5 heteroatoms. The fourth-order valence-electron chi connectivity index (χ4n) is 0.808. The highest BCUT2D eigenvalue weighted by molar-refractivity contribution is 14.1. The molecule has 15 heavy (non-hydrogen) atoms. The van der Waals surface area contributed by atoms with Gasteiger partial charge in [0.05, 0.1) is 15.5 Å². The summed E-state index contributed by atoms with van der Waals surface area (Å²) in [5.41, 5.74) is 0.258. The van der Waals surface area contributed by atoms with Gasteiger partial charge in [-0.15, -0.1) is 0 Å². The molecule has 1 amide bonds. The van der Waals surface area contributed by atoms with Gasteiger partial charge in [-0.1, -0.05) is 32.4 Å². The summed E-state index contributed by atoms with van der Waals surface area (Å²) in [4.78, 5) is 15.6.